The van der Waals surface area contributed by atoms with Crippen molar-refractivity contribution in [2.45, 2.75) is 105 Å². The molecule has 3 rings (SSSR count). The van der Waals surface area contributed by atoms with Gasteiger partial charge in [-0.3, -0.25) is 0 Å². The lowest BCUT2D eigenvalue weighted by atomic mass is 9.77. The number of ether oxygens (including phenoxy) is 2. The van der Waals surface area contributed by atoms with Crippen LogP contribution in [-0.4, -0.2) is 25.2 Å². The summed E-state index contributed by atoms with van der Waals surface area (Å²) >= 11 is 0. The molecular weight excluding hydrogens is 508 g/mol. The van der Waals surface area contributed by atoms with Crippen LogP contribution in [0.5, 0.6) is 0 Å². The molecule has 0 amide bonds. The van der Waals surface area contributed by atoms with Crippen molar-refractivity contribution in [3.8, 4) is 11.1 Å². The monoisotopic (exact) mass is 558 g/mol. The molecule has 1 saturated carbocycles. The normalized spacial score (nSPS) is 16.7. The van der Waals surface area contributed by atoms with Gasteiger partial charge in [0.25, 0.3) is 0 Å². The van der Waals surface area contributed by atoms with E-state index in [1.165, 1.54) is 71.0 Å². The highest BCUT2D eigenvalue weighted by atomic mass is 16.5. The Bertz CT molecular complexity index is 1170. The average Bonchev–Trinajstić information content (AvgIpc) is 2.98. The lowest BCUT2D eigenvalue weighted by Gasteiger charge is -2.28. The van der Waals surface area contributed by atoms with Crippen molar-refractivity contribution in [3.63, 3.8) is 0 Å². The van der Waals surface area contributed by atoms with E-state index in [0.717, 1.165) is 38.0 Å². The zero-order valence-corrected chi connectivity index (χ0v) is 26.1. The topological polar surface area (TPSA) is 52.6 Å². The third-order valence-electron chi connectivity index (χ3n) is 8.68. The van der Waals surface area contributed by atoms with E-state index < -0.39 is 0 Å². The lowest BCUT2D eigenvalue weighted by Crippen LogP contribution is -2.13. The molecule has 41 heavy (non-hydrogen) atoms. The van der Waals surface area contributed by atoms with Crippen molar-refractivity contribution in [2.24, 2.45) is 5.92 Å². The van der Waals surface area contributed by atoms with E-state index in [1.54, 1.807) is 13.8 Å². The molecule has 222 valence electrons. The number of benzene rings is 2. The quantitative estimate of drug-likeness (QED) is 0.132. The van der Waals surface area contributed by atoms with E-state index in [4.69, 9.17) is 9.47 Å². The standard InChI is InChI=1S/C37H50O4/c1-8-28-14-16-30(17-15-28)33-18-19-35(29(9-2)22-33)34-23-31(12-10-20-40-36(38)25(3)4)27(7)32(24-34)13-11-21-41-37(39)26(5)6/h18-19,22-24,28,30H,3,5,8-17,20-21H2,1-2,4,6-7H3. The smallest absolute Gasteiger partial charge is 0.333 e. The van der Waals surface area contributed by atoms with E-state index in [1.807, 2.05) is 0 Å². The van der Waals surface area contributed by atoms with Gasteiger partial charge in [0.05, 0.1) is 13.2 Å². The third-order valence-corrected chi connectivity index (χ3v) is 8.68. The molecule has 0 aromatic heterocycles. The number of hydrogen-bond acceptors (Lipinski definition) is 4. The second-order valence-electron chi connectivity index (χ2n) is 11.9. The van der Waals surface area contributed by atoms with Gasteiger partial charge >= 0.3 is 11.9 Å². The van der Waals surface area contributed by atoms with Gasteiger partial charge in [-0.05, 0) is 129 Å². The van der Waals surface area contributed by atoms with Gasteiger partial charge in [0.15, 0.2) is 0 Å². The van der Waals surface area contributed by atoms with Gasteiger partial charge in [0.2, 0.25) is 0 Å². The zero-order chi connectivity index (χ0) is 29.9. The van der Waals surface area contributed by atoms with Crippen molar-refractivity contribution in [1.29, 1.82) is 0 Å². The van der Waals surface area contributed by atoms with Crippen molar-refractivity contribution in [1.82, 2.24) is 0 Å². The number of hydrogen-bond donors (Lipinski definition) is 0. The third kappa shape index (κ3) is 9.18. The first-order valence-corrected chi connectivity index (χ1v) is 15.5. The molecular formula is C37H50O4. The summed E-state index contributed by atoms with van der Waals surface area (Å²) in [5.74, 6) is 0.895. The maximum Gasteiger partial charge on any atom is 0.333 e. The first-order chi connectivity index (χ1) is 19.6. The molecule has 0 saturated heterocycles. The highest BCUT2D eigenvalue weighted by molar-refractivity contribution is 5.87. The molecule has 2 aromatic carbocycles. The minimum Gasteiger partial charge on any atom is -0.462 e. The van der Waals surface area contributed by atoms with Crippen LogP contribution in [0.1, 0.15) is 106 Å². The Labute approximate surface area is 248 Å². The summed E-state index contributed by atoms with van der Waals surface area (Å²) in [5, 5.41) is 0. The molecule has 0 atom stereocenters. The van der Waals surface area contributed by atoms with Gasteiger partial charge in [-0.1, -0.05) is 63.8 Å². The van der Waals surface area contributed by atoms with Gasteiger partial charge in [0, 0.05) is 11.1 Å². The summed E-state index contributed by atoms with van der Waals surface area (Å²) in [6.07, 6.45) is 10.7. The van der Waals surface area contributed by atoms with Crippen molar-refractivity contribution in [2.75, 3.05) is 13.2 Å². The minimum absolute atomic E-state index is 0.337. The number of aryl methyl sites for hydroxylation is 3. The summed E-state index contributed by atoms with van der Waals surface area (Å²) < 4.78 is 10.7. The van der Waals surface area contributed by atoms with Crippen LogP contribution in [0.4, 0.5) is 0 Å². The fourth-order valence-electron chi connectivity index (χ4n) is 5.96. The predicted octanol–water partition coefficient (Wildman–Crippen LogP) is 9.01. The Morgan fingerprint density at radius 2 is 1.34 bits per heavy atom. The van der Waals surface area contributed by atoms with Crippen LogP contribution in [0.2, 0.25) is 0 Å². The molecule has 0 heterocycles. The molecule has 4 nitrogen and oxygen atoms in total. The minimum atomic E-state index is -0.337. The zero-order valence-electron chi connectivity index (χ0n) is 26.1. The largest absolute Gasteiger partial charge is 0.462 e. The fraction of sp³-hybridized carbons (Fsp3) is 0.514. The molecule has 0 bridgehead atoms. The number of carbonyl (C=O) groups is 2. The summed E-state index contributed by atoms with van der Waals surface area (Å²) in [4.78, 5) is 23.7. The van der Waals surface area contributed by atoms with Gasteiger partial charge in [0.1, 0.15) is 0 Å². The van der Waals surface area contributed by atoms with Crippen LogP contribution in [0.3, 0.4) is 0 Å². The maximum absolute atomic E-state index is 11.8. The highest BCUT2D eigenvalue weighted by Gasteiger charge is 2.22. The van der Waals surface area contributed by atoms with E-state index >= 15 is 0 Å². The van der Waals surface area contributed by atoms with E-state index in [0.29, 0.717) is 30.3 Å². The average molecular weight is 559 g/mol. The number of carbonyl (C=O) groups excluding carboxylic acids is 2. The number of rotatable bonds is 14. The molecule has 0 spiro atoms. The maximum atomic E-state index is 11.8. The van der Waals surface area contributed by atoms with Crippen LogP contribution in [0.25, 0.3) is 11.1 Å². The van der Waals surface area contributed by atoms with Crippen molar-refractivity contribution >= 4 is 11.9 Å². The SMILES string of the molecule is C=C(C)C(=O)OCCCc1cc(-c2ccc(C3CCC(CC)CC3)cc2CC)cc(CCCOC(=O)C(=C)C)c1C. The summed E-state index contributed by atoms with van der Waals surface area (Å²) in [6.45, 7) is 18.2. The molecule has 0 aliphatic heterocycles. The van der Waals surface area contributed by atoms with Crippen LogP contribution < -0.4 is 0 Å². The van der Waals surface area contributed by atoms with E-state index in [2.05, 4.69) is 64.3 Å². The lowest BCUT2D eigenvalue weighted by molar-refractivity contribution is -0.139. The molecule has 0 unspecified atom stereocenters. The molecule has 1 aliphatic carbocycles. The van der Waals surface area contributed by atoms with Gasteiger partial charge < -0.3 is 9.47 Å². The summed E-state index contributed by atoms with van der Waals surface area (Å²) in [6, 6.07) is 11.8. The van der Waals surface area contributed by atoms with Crippen molar-refractivity contribution in [3.05, 3.63) is 82.5 Å². The van der Waals surface area contributed by atoms with Gasteiger partial charge in [-0.15, -0.1) is 0 Å². The Morgan fingerprint density at radius 3 is 1.80 bits per heavy atom. The van der Waals surface area contributed by atoms with Crippen LogP contribution >= 0.6 is 0 Å². The molecule has 4 heteroatoms. The second kappa shape index (κ2) is 15.7. The highest BCUT2D eigenvalue weighted by Crippen LogP contribution is 2.39. The fourth-order valence-corrected chi connectivity index (χ4v) is 5.96. The van der Waals surface area contributed by atoms with Crippen molar-refractivity contribution < 1.29 is 19.1 Å². The number of esters is 2. The molecule has 1 aliphatic rings. The first kappa shape index (κ1) is 32.4. The molecule has 0 N–H and O–H groups in total. The molecule has 0 radical (unpaired) electrons. The Morgan fingerprint density at radius 1 is 0.805 bits per heavy atom. The summed E-state index contributed by atoms with van der Waals surface area (Å²) in [5.41, 5.74) is 10.1. The predicted molar refractivity (Wildman–Crippen MR) is 169 cm³/mol. The van der Waals surface area contributed by atoms with E-state index in [9.17, 15) is 9.59 Å². The molecule has 2 aromatic rings. The van der Waals surface area contributed by atoms with Crippen LogP contribution in [0.15, 0.2) is 54.6 Å². The Kier molecular flexibility index (Phi) is 12.4. The van der Waals surface area contributed by atoms with Crippen LogP contribution in [-0.2, 0) is 38.3 Å². The Balaban J connectivity index is 1.85. The molecule has 1 fully saturated rings. The second-order valence-corrected chi connectivity index (χ2v) is 11.9. The Hall–Kier alpha value is -3.14. The van der Waals surface area contributed by atoms with E-state index in [-0.39, 0.29) is 11.9 Å². The van der Waals surface area contributed by atoms with Gasteiger partial charge in [-0.2, -0.15) is 0 Å². The first-order valence-electron chi connectivity index (χ1n) is 15.5. The summed E-state index contributed by atoms with van der Waals surface area (Å²) in [7, 11) is 0. The van der Waals surface area contributed by atoms with Gasteiger partial charge in [-0.25, -0.2) is 9.59 Å². The van der Waals surface area contributed by atoms with Crippen LogP contribution in [0, 0.1) is 12.8 Å².